The highest BCUT2D eigenvalue weighted by molar-refractivity contribution is 8.78. The summed E-state index contributed by atoms with van der Waals surface area (Å²) in [5.74, 6) is 1.11. The fourth-order valence-corrected chi connectivity index (χ4v) is 8.60. The fourth-order valence-electron chi connectivity index (χ4n) is 5.04. The Morgan fingerprint density at radius 2 is 1.97 bits per heavy atom. The van der Waals surface area contributed by atoms with Gasteiger partial charge in [-0.15, -0.1) is 0 Å². The molecule has 0 saturated carbocycles. The molecule has 5 heterocycles. The second-order valence-electron chi connectivity index (χ2n) is 8.64. The van der Waals surface area contributed by atoms with Crippen molar-refractivity contribution >= 4 is 33.4 Å². The molecule has 0 aromatic heterocycles. The summed E-state index contributed by atoms with van der Waals surface area (Å²) in [5, 5.41) is 10.2. The van der Waals surface area contributed by atoms with Gasteiger partial charge < -0.3 is 19.3 Å². The van der Waals surface area contributed by atoms with Crippen LogP contribution in [0.25, 0.3) is 0 Å². The number of rotatable bonds is 4. The van der Waals surface area contributed by atoms with Crippen LogP contribution in [0.1, 0.15) is 51.6 Å². The third-order valence-electron chi connectivity index (χ3n) is 6.61. The van der Waals surface area contributed by atoms with E-state index in [-0.39, 0.29) is 18.6 Å². The summed E-state index contributed by atoms with van der Waals surface area (Å²) in [4.78, 5) is 29.0. The van der Waals surface area contributed by atoms with E-state index in [4.69, 9.17) is 9.47 Å². The van der Waals surface area contributed by atoms with Gasteiger partial charge in [0.1, 0.15) is 0 Å². The van der Waals surface area contributed by atoms with Gasteiger partial charge in [-0.3, -0.25) is 9.59 Å². The monoisotopic (exact) mass is 445 g/mol. The third-order valence-corrected chi connectivity index (χ3v) is 10.3. The number of ether oxygens (including phenoxy) is 2. The Morgan fingerprint density at radius 3 is 2.70 bits per heavy atom. The molecular formula is C21H23N3O4S2. The average molecular weight is 446 g/mol. The van der Waals surface area contributed by atoms with Crippen LogP contribution in [-0.2, 0) is 9.59 Å². The Kier molecular flexibility index (Phi) is 4.29. The van der Waals surface area contributed by atoms with Crippen LogP contribution >= 0.6 is 21.6 Å². The largest absolute Gasteiger partial charge is 0.454 e. The highest BCUT2D eigenvalue weighted by Crippen LogP contribution is 2.69. The van der Waals surface area contributed by atoms with Gasteiger partial charge in [-0.2, -0.15) is 5.26 Å². The number of fused-ring (bicyclic) bond motifs is 3. The predicted molar refractivity (Wildman–Crippen MR) is 113 cm³/mol. The van der Waals surface area contributed by atoms with Gasteiger partial charge in [0.15, 0.2) is 21.2 Å². The highest BCUT2D eigenvalue weighted by Gasteiger charge is 2.75. The SMILES string of the molecule is CCCCN1C(=O)[C@@]23C[C@](C)(C#N)[C@H](c4ccc5c(c4)OCO5)N2C(=O)[C@]1(C)SS3. The number of hydrogen-bond donors (Lipinski definition) is 0. The molecule has 6 rings (SSSR count). The minimum absolute atomic E-state index is 0.0495. The van der Waals surface area contributed by atoms with Crippen LogP contribution in [0.4, 0.5) is 0 Å². The third kappa shape index (κ3) is 2.35. The first kappa shape index (κ1) is 19.9. The van der Waals surface area contributed by atoms with E-state index in [0.29, 0.717) is 24.5 Å². The first-order valence-electron chi connectivity index (χ1n) is 10.1. The van der Waals surface area contributed by atoms with Crippen LogP contribution in [0.15, 0.2) is 18.2 Å². The van der Waals surface area contributed by atoms with Gasteiger partial charge >= 0.3 is 0 Å². The van der Waals surface area contributed by atoms with Crippen LogP contribution in [0.5, 0.6) is 11.5 Å². The maximum absolute atomic E-state index is 13.9. The standard InChI is InChI=1S/C21H23N3O4S2/c1-4-5-8-23-18(26)21-10-19(2,11-22)16(24(21)17(25)20(23,3)29-30-21)13-6-7-14-15(9-13)28-12-27-14/h6-7,9,16H,4-5,8,10,12H2,1-3H3/t16-,19+,20-,21-/m0/s1. The Bertz CT molecular complexity index is 997. The van der Waals surface area contributed by atoms with Gasteiger partial charge in [-0.05, 0) is 38.0 Å². The van der Waals surface area contributed by atoms with Gasteiger partial charge in [0.2, 0.25) is 6.79 Å². The molecule has 9 heteroatoms. The second kappa shape index (κ2) is 6.47. The van der Waals surface area contributed by atoms with E-state index >= 15 is 0 Å². The molecule has 1 spiro atoms. The average Bonchev–Trinajstić information content (AvgIpc) is 3.31. The molecule has 30 heavy (non-hydrogen) atoms. The van der Waals surface area contributed by atoms with Gasteiger partial charge in [0.25, 0.3) is 11.8 Å². The van der Waals surface area contributed by atoms with Crippen LogP contribution in [0, 0.1) is 16.7 Å². The van der Waals surface area contributed by atoms with Gasteiger partial charge in [0, 0.05) is 13.0 Å². The van der Waals surface area contributed by atoms with Crippen molar-refractivity contribution in [3.05, 3.63) is 23.8 Å². The van der Waals surface area contributed by atoms with E-state index in [9.17, 15) is 14.9 Å². The Hall–Kier alpha value is -2.05. The summed E-state index contributed by atoms with van der Waals surface area (Å²) in [7, 11) is 2.90. The van der Waals surface area contributed by atoms with Crippen molar-refractivity contribution in [1.82, 2.24) is 9.80 Å². The molecule has 4 fully saturated rings. The lowest BCUT2D eigenvalue weighted by atomic mass is 9.79. The summed E-state index contributed by atoms with van der Waals surface area (Å²) >= 11 is 0. The fraction of sp³-hybridized carbons (Fsp3) is 0.571. The summed E-state index contributed by atoms with van der Waals surface area (Å²) in [6.45, 7) is 6.47. The normalized spacial score (nSPS) is 36.3. The first-order valence-corrected chi connectivity index (χ1v) is 12.3. The number of piperazine rings is 1. The lowest BCUT2D eigenvalue weighted by Gasteiger charge is -2.58. The van der Waals surface area contributed by atoms with E-state index in [1.807, 2.05) is 32.0 Å². The summed E-state index contributed by atoms with van der Waals surface area (Å²) in [5.41, 5.74) is -0.110. The number of benzene rings is 1. The first-order chi connectivity index (χ1) is 14.3. The Labute approximate surface area is 183 Å². The molecule has 0 aliphatic carbocycles. The molecule has 5 aliphatic heterocycles. The zero-order chi connectivity index (χ0) is 21.3. The van der Waals surface area contributed by atoms with Crippen LogP contribution in [0.3, 0.4) is 0 Å². The molecule has 0 radical (unpaired) electrons. The molecule has 158 valence electrons. The molecule has 2 amide bonds. The number of nitriles is 1. The molecule has 4 atom stereocenters. The quantitative estimate of drug-likeness (QED) is 0.654. The number of carbonyl (C=O) groups excluding carboxylic acids is 2. The number of nitrogens with zero attached hydrogens (tertiary/aromatic N) is 3. The number of unbranched alkanes of at least 4 members (excludes halogenated alkanes) is 1. The molecular weight excluding hydrogens is 422 g/mol. The van der Waals surface area contributed by atoms with E-state index in [2.05, 4.69) is 13.0 Å². The van der Waals surface area contributed by atoms with E-state index in [0.717, 1.165) is 18.4 Å². The van der Waals surface area contributed by atoms with Crippen LogP contribution in [-0.4, -0.2) is 44.7 Å². The molecule has 1 aromatic rings. The lowest BCUT2D eigenvalue weighted by Crippen LogP contribution is -2.74. The molecule has 2 bridgehead atoms. The predicted octanol–water partition coefficient (Wildman–Crippen LogP) is 3.67. The zero-order valence-electron chi connectivity index (χ0n) is 17.1. The van der Waals surface area contributed by atoms with E-state index in [1.54, 1.807) is 9.80 Å². The Balaban J connectivity index is 1.64. The zero-order valence-corrected chi connectivity index (χ0v) is 18.8. The van der Waals surface area contributed by atoms with Crippen molar-refractivity contribution in [2.24, 2.45) is 5.41 Å². The molecule has 0 N–H and O–H groups in total. The maximum Gasteiger partial charge on any atom is 0.261 e. The lowest BCUT2D eigenvalue weighted by molar-refractivity contribution is -0.166. The molecule has 7 nitrogen and oxygen atoms in total. The van der Waals surface area contributed by atoms with Crippen molar-refractivity contribution in [2.75, 3.05) is 13.3 Å². The smallest absolute Gasteiger partial charge is 0.261 e. The number of carbonyl (C=O) groups is 2. The second-order valence-corrected chi connectivity index (χ2v) is 11.4. The van der Waals surface area contributed by atoms with Crippen LogP contribution in [0.2, 0.25) is 0 Å². The molecule has 4 saturated heterocycles. The molecule has 5 aliphatic rings. The van der Waals surface area contributed by atoms with Crippen molar-refractivity contribution < 1.29 is 19.1 Å². The van der Waals surface area contributed by atoms with Crippen molar-refractivity contribution in [2.45, 2.75) is 55.8 Å². The van der Waals surface area contributed by atoms with E-state index in [1.165, 1.54) is 21.6 Å². The van der Waals surface area contributed by atoms with Gasteiger partial charge in [-0.1, -0.05) is 41.0 Å². The van der Waals surface area contributed by atoms with Gasteiger partial charge in [0.05, 0.1) is 17.5 Å². The van der Waals surface area contributed by atoms with Crippen molar-refractivity contribution in [1.29, 1.82) is 5.26 Å². The molecule has 1 aromatic carbocycles. The van der Waals surface area contributed by atoms with E-state index < -0.39 is 21.2 Å². The van der Waals surface area contributed by atoms with Crippen molar-refractivity contribution in [3.8, 4) is 17.6 Å². The van der Waals surface area contributed by atoms with Crippen molar-refractivity contribution in [3.63, 3.8) is 0 Å². The minimum atomic E-state index is -1.06. The number of hydrogen-bond acceptors (Lipinski definition) is 7. The minimum Gasteiger partial charge on any atom is -0.454 e. The maximum atomic E-state index is 13.9. The summed E-state index contributed by atoms with van der Waals surface area (Å²) in [6.07, 6.45) is 2.09. The topological polar surface area (TPSA) is 82.9 Å². The molecule has 0 unspecified atom stereocenters. The van der Waals surface area contributed by atoms with Gasteiger partial charge in [-0.25, -0.2) is 0 Å². The van der Waals surface area contributed by atoms with Crippen LogP contribution < -0.4 is 9.47 Å². The summed E-state index contributed by atoms with van der Waals surface area (Å²) < 4.78 is 11.0. The summed E-state index contributed by atoms with van der Waals surface area (Å²) in [6, 6.07) is 7.44. The Morgan fingerprint density at radius 1 is 1.20 bits per heavy atom. The number of amides is 2. The highest BCUT2D eigenvalue weighted by atomic mass is 33.1.